The average Bonchev–Trinajstić information content (AvgIpc) is 3.26. The maximum atomic E-state index is 12.7. The van der Waals surface area contributed by atoms with Crippen LogP contribution in [-0.2, 0) is 28.6 Å². The van der Waals surface area contributed by atoms with Gasteiger partial charge in [-0.3, -0.25) is 14.4 Å². The first-order valence-corrected chi connectivity index (χ1v) is 24.7. The minimum atomic E-state index is -0.799. The number of rotatable bonds is 43. The summed E-state index contributed by atoms with van der Waals surface area (Å²) in [5.41, 5.74) is 0. The molecule has 0 heterocycles. The van der Waals surface area contributed by atoms with Crippen LogP contribution in [0.15, 0.2) is 97.2 Å². The number of carbonyl (C=O) groups excluding carboxylic acids is 3. The molecule has 0 aliphatic heterocycles. The van der Waals surface area contributed by atoms with Crippen molar-refractivity contribution in [3.05, 3.63) is 97.2 Å². The van der Waals surface area contributed by atoms with E-state index in [2.05, 4.69) is 118 Å². The quantitative estimate of drug-likeness (QED) is 0.0263. The molecule has 61 heavy (non-hydrogen) atoms. The molecule has 0 radical (unpaired) electrons. The highest BCUT2D eigenvalue weighted by Crippen LogP contribution is 2.13. The summed E-state index contributed by atoms with van der Waals surface area (Å²) in [5, 5.41) is 0. The molecule has 0 aromatic rings. The van der Waals surface area contributed by atoms with Crippen molar-refractivity contribution in [1.29, 1.82) is 0 Å². The maximum Gasteiger partial charge on any atom is 0.306 e. The van der Waals surface area contributed by atoms with Crippen LogP contribution in [0.4, 0.5) is 0 Å². The molecular formula is C55H90O6. The van der Waals surface area contributed by atoms with Crippen molar-refractivity contribution in [3.8, 4) is 0 Å². The van der Waals surface area contributed by atoms with E-state index in [0.717, 1.165) is 148 Å². The molecule has 0 aliphatic rings. The third-order valence-corrected chi connectivity index (χ3v) is 10.1. The first-order chi connectivity index (χ1) is 30.0. The van der Waals surface area contributed by atoms with Gasteiger partial charge in [0.1, 0.15) is 13.2 Å². The van der Waals surface area contributed by atoms with Crippen LogP contribution in [0, 0.1) is 0 Å². The number of hydrogen-bond acceptors (Lipinski definition) is 6. The second kappa shape index (κ2) is 49.0. The van der Waals surface area contributed by atoms with Crippen LogP contribution >= 0.6 is 0 Å². The Labute approximate surface area is 375 Å². The SMILES string of the molecule is CC/C=C\C/C=C\C/C=C\C/C=C\CCCCCCC(=O)OC[C@H](COC(=O)CCCCCCC/C=C\C/C=C\C/C=C\CC)OC(=O)CCCCCCC/C=C\CCCC. The normalized spacial score (nSPS) is 12.9. The van der Waals surface area contributed by atoms with Gasteiger partial charge in [-0.05, 0) is 109 Å². The highest BCUT2D eigenvalue weighted by Gasteiger charge is 2.19. The van der Waals surface area contributed by atoms with E-state index in [-0.39, 0.29) is 31.1 Å². The van der Waals surface area contributed by atoms with E-state index in [4.69, 9.17) is 14.2 Å². The van der Waals surface area contributed by atoms with E-state index >= 15 is 0 Å². The Bertz CT molecular complexity index is 1250. The van der Waals surface area contributed by atoms with Gasteiger partial charge >= 0.3 is 17.9 Å². The van der Waals surface area contributed by atoms with Gasteiger partial charge in [0.25, 0.3) is 0 Å². The minimum absolute atomic E-state index is 0.0993. The summed E-state index contributed by atoms with van der Waals surface area (Å²) in [5.74, 6) is -0.955. The summed E-state index contributed by atoms with van der Waals surface area (Å²) in [7, 11) is 0. The molecule has 346 valence electrons. The van der Waals surface area contributed by atoms with Gasteiger partial charge in [-0.2, -0.15) is 0 Å². The van der Waals surface area contributed by atoms with E-state index in [1.54, 1.807) is 0 Å². The van der Waals surface area contributed by atoms with Gasteiger partial charge < -0.3 is 14.2 Å². The molecule has 0 N–H and O–H groups in total. The largest absolute Gasteiger partial charge is 0.462 e. The van der Waals surface area contributed by atoms with E-state index in [9.17, 15) is 14.4 Å². The summed E-state index contributed by atoms with van der Waals surface area (Å²) < 4.78 is 16.7. The standard InChI is InChI=1S/C55H90O6/c1-4-7-10-13-16-19-22-24-26-27-29-31-34-36-39-42-45-48-54(57)60-51-52(61-55(58)49-46-43-40-37-32-21-18-15-12-9-6-3)50-59-53(56)47-44-41-38-35-33-30-28-25-23-20-17-14-11-8-5-2/h7-8,10-11,15-20,24-26,28-29,31,52H,4-6,9,12-14,21-23,27,30,32-51H2,1-3H3/b10-7-,11-8-,18-15-,19-16-,20-17-,26-24-,28-25-,31-29-/t52-/m0/s1. The topological polar surface area (TPSA) is 78.9 Å². The van der Waals surface area contributed by atoms with E-state index in [1.165, 1.54) is 25.7 Å². The summed E-state index contributed by atoms with van der Waals surface area (Å²) in [6, 6.07) is 0. The van der Waals surface area contributed by atoms with Gasteiger partial charge in [0.05, 0.1) is 0 Å². The molecule has 0 amide bonds. The fourth-order valence-corrected chi connectivity index (χ4v) is 6.37. The lowest BCUT2D eigenvalue weighted by atomic mass is 10.1. The number of ether oxygens (including phenoxy) is 3. The van der Waals surface area contributed by atoms with Crippen molar-refractivity contribution in [3.63, 3.8) is 0 Å². The molecule has 6 nitrogen and oxygen atoms in total. The van der Waals surface area contributed by atoms with E-state index in [0.29, 0.717) is 19.3 Å². The van der Waals surface area contributed by atoms with Gasteiger partial charge in [-0.15, -0.1) is 0 Å². The molecule has 0 aliphatic carbocycles. The summed E-state index contributed by atoms with van der Waals surface area (Å²) in [4.78, 5) is 37.9. The third kappa shape index (κ3) is 47.2. The van der Waals surface area contributed by atoms with Gasteiger partial charge in [0.2, 0.25) is 0 Å². The van der Waals surface area contributed by atoms with Crippen molar-refractivity contribution >= 4 is 17.9 Å². The molecule has 0 bridgehead atoms. The van der Waals surface area contributed by atoms with Crippen molar-refractivity contribution < 1.29 is 28.6 Å². The molecule has 6 heteroatoms. The zero-order valence-corrected chi connectivity index (χ0v) is 39.4. The van der Waals surface area contributed by atoms with Crippen LogP contribution in [-0.4, -0.2) is 37.2 Å². The molecule has 0 aromatic heterocycles. The summed E-state index contributed by atoms with van der Waals surface area (Å²) in [6.45, 7) is 6.31. The third-order valence-electron chi connectivity index (χ3n) is 10.1. The number of esters is 3. The smallest absolute Gasteiger partial charge is 0.306 e. The maximum absolute atomic E-state index is 12.7. The Balaban J connectivity index is 4.45. The van der Waals surface area contributed by atoms with E-state index < -0.39 is 6.10 Å². The van der Waals surface area contributed by atoms with Gasteiger partial charge in [-0.1, -0.05) is 182 Å². The second-order valence-electron chi connectivity index (χ2n) is 16.0. The number of hydrogen-bond donors (Lipinski definition) is 0. The number of unbranched alkanes of at least 4 members (excludes halogenated alkanes) is 16. The first-order valence-electron chi connectivity index (χ1n) is 24.7. The Morgan fingerprint density at radius 1 is 0.344 bits per heavy atom. The Hall–Kier alpha value is -3.67. The van der Waals surface area contributed by atoms with Crippen LogP contribution in [0.1, 0.15) is 213 Å². The zero-order valence-electron chi connectivity index (χ0n) is 39.4. The molecule has 0 fully saturated rings. The predicted molar refractivity (Wildman–Crippen MR) is 260 cm³/mol. The molecule has 0 saturated carbocycles. The monoisotopic (exact) mass is 847 g/mol. The Morgan fingerprint density at radius 3 is 1.02 bits per heavy atom. The van der Waals surface area contributed by atoms with Crippen molar-refractivity contribution in [1.82, 2.24) is 0 Å². The van der Waals surface area contributed by atoms with Gasteiger partial charge in [0, 0.05) is 19.3 Å². The predicted octanol–water partition coefficient (Wildman–Crippen LogP) is 16.2. The fourth-order valence-electron chi connectivity index (χ4n) is 6.37. The lowest BCUT2D eigenvalue weighted by molar-refractivity contribution is -0.167. The lowest BCUT2D eigenvalue weighted by Crippen LogP contribution is -2.30. The van der Waals surface area contributed by atoms with Crippen LogP contribution < -0.4 is 0 Å². The van der Waals surface area contributed by atoms with Crippen molar-refractivity contribution in [2.24, 2.45) is 0 Å². The Morgan fingerprint density at radius 2 is 0.639 bits per heavy atom. The number of allylic oxidation sites excluding steroid dienone is 16. The summed E-state index contributed by atoms with van der Waals surface area (Å²) in [6.07, 6.45) is 63.9. The second-order valence-corrected chi connectivity index (χ2v) is 16.0. The van der Waals surface area contributed by atoms with Crippen LogP contribution in [0.2, 0.25) is 0 Å². The van der Waals surface area contributed by atoms with Gasteiger partial charge in [-0.25, -0.2) is 0 Å². The highest BCUT2D eigenvalue weighted by atomic mass is 16.6. The molecule has 0 spiro atoms. The van der Waals surface area contributed by atoms with Crippen molar-refractivity contribution in [2.75, 3.05) is 13.2 Å². The van der Waals surface area contributed by atoms with Gasteiger partial charge in [0.15, 0.2) is 6.10 Å². The molecule has 1 atom stereocenters. The molecular weight excluding hydrogens is 757 g/mol. The van der Waals surface area contributed by atoms with E-state index in [1.807, 2.05) is 0 Å². The van der Waals surface area contributed by atoms with Crippen LogP contribution in [0.3, 0.4) is 0 Å². The molecule has 0 rings (SSSR count). The molecule has 0 saturated heterocycles. The fraction of sp³-hybridized carbons (Fsp3) is 0.655. The average molecular weight is 847 g/mol. The van der Waals surface area contributed by atoms with Crippen LogP contribution in [0.25, 0.3) is 0 Å². The molecule has 0 unspecified atom stereocenters. The zero-order chi connectivity index (χ0) is 44.4. The lowest BCUT2D eigenvalue weighted by Gasteiger charge is -2.18. The van der Waals surface area contributed by atoms with Crippen LogP contribution in [0.5, 0.6) is 0 Å². The highest BCUT2D eigenvalue weighted by molar-refractivity contribution is 5.71. The summed E-state index contributed by atoms with van der Waals surface area (Å²) >= 11 is 0. The van der Waals surface area contributed by atoms with Crippen molar-refractivity contribution in [2.45, 2.75) is 219 Å². The Kier molecular flexibility index (Phi) is 46.0. The minimum Gasteiger partial charge on any atom is -0.462 e. The first kappa shape index (κ1) is 57.3. The molecule has 0 aromatic carbocycles. The number of carbonyl (C=O) groups is 3.